The maximum atomic E-state index is 5.82. The summed E-state index contributed by atoms with van der Waals surface area (Å²) in [6.45, 7) is 9.13. The zero-order valence-electron chi connectivity index (χ0n) is 15.9. The molecule has 0 saturated carbocycles. The standard InChI is InChI=1S/C22H37IN/c1-4-7-9-14-19-24(18-6-3,20-15-10-8-5-2)21-22(23)16-12-11-13-17-22/h3,11-13,16H,4-5,7-10,14-15,17-21H2,1-2H3/q+1. The van der Waals surface area contributed by atoms with Gasteiger partial charge < -0.3 is 4.48 Å². The van der Waals surface area contributed by atoms with E-state index in [1.165, 1.54) is 71.0 Å². The molecule has 0 bridgehead atoms. The highest BCUT2D eigenvalue weighted by molar-refractivity contribution is 14.1. The van der Waals surface area contributed by atoms with E-state index in [2.05, 4.69) is 66.7 Å². The summed E-state index contributed by atoms with van der Waals surface area (Å²) in [4.78, 5) is 0. The van der Waals surface area contributed by atoms with Gasteiger partial charge in [-0.05, 0) is 38.0 Å². The number of rotatable bonds is 13. The van der Waals surface area contributed by atoms with E-state index in [9.17, 15) is 0 Å². The van der Waals surface area contributed by atoms with Gasteiger partial charge in [-0.15, -0.1) is 6.42 Å². The van der Waals surface area contributed by atoms with Crippen molar-refractivity contribution in [1.82, 2.24) is 0 Å². The second kappa shape index (κ2) is 12.1. The molecular formula is C22H37IN+. The summed E-state index contributed by atoms with van der Waals surface area (Å²) in [5.41, 5.74) is 0. The highest BCUT2D eigenvalue weighted by Crippen LogP contribution is 2.33. The van der Waals surface area contributed by atoms with Crippen molar-refractivity contribution in [3.05, 3.63) is 24.3 Å². The van der Waals surface area contributed by atoms with Crippen LogP contribution in [-0.2, 0) is 0 Å². The van der Waals surface area contributed by atoms with Crippen molar-refractivity contribution in [2.24, 2.45) is 0 Å². The molecular weight excluding hydrogens is 405 g/mol. The molecule has 1 unspecified atom stereocenters. The van der Waals surface area contributed by atoms with Crippen LogP contribution >= 0.6 is 22.6 Å². The highest BCUT2D eigenvalue weighted by Gasteiger charge is 2.36. The van der Waals surface area contributed by atoms with Gasteiger partial charge in [0, 0.05) is 0 Å². The summed E-state index contributed by atoms with van der Waals surface area (Å²) >= 11 is 2.67. The van der Waals surface area contributed by atoms with Gasteiger partial charge in [-0.3, -0.25) is 0 Å². The lowest BCUT2D eigenvalue weighted by Crippen LogP contribution is -2.55. The summed E-state index contributed by atoms with van der Waals surface area (Å²) in [5, 5.41) is 0. The Kier molecular flexibility index (Phi) is 11.0. The van der Waals surface area contributed by atoms with E-state index >= 15 is 0 Å². The van der Waals surface area contributed by atoms with Gasteiger partial charge in [0.1, 0.15) is 6.54 Å². The maximum Gasteiger partial charge on any atom is 0.140 e. The van der Waals surface area contributed by atoms with E-state index in [0.717, 1.165) is 17.4 Å². The van der Waals surface area contributed by atoms with Crippen LogP contribution in [0.15, 0.2) is 24.3 Å². The third-order valence-corrected chi connectivity index (χ3v) is 6.24. The molecule has 0 amide bonds. The molecule has 0 aromatic carbocycles. The first kappa shape index (κ1) is 21.8. The van der Waals surface area contributed by atoms with Gasteiger partial charge in [-0.2, -0.15) is 0 Å². The molecule has 0 N–H and O–H groups in total. The normalized spacial score (nSPS) is 20.2. The molecule has 1 rings (SSSR count). The third kappa shape index (κ3) is 8.21. The fourth-order valence-electron chi connectivity index (χ4n) is 3.74. The van der Waals surface area contributed by atoms with Gasteiger partial charge in [0.25, 0.3) is 0 Å². The lowest BCUT2D eigenvalue weighted by Gasteiger charge is -2.42. The van der Waals surface area contributed by atoms with Crippen molar-refractivity contribution in [3.63, 3.8) is 0 Å². The number of unbranched alkanes of at least 4 members (excludes halogenated alkanes) is 6. The minimum atomic E-state index is 0.235. The van der Waals surface area contributed by atoms with Crippen LogP contribution in [0.2, 0.25) is 0 Å². The van der Waals surface area contributed by atoms with Crippen molar-refractivity contribution in [2.45, 2.75) is 75.1 Å². The fourth-order valence-corrected chi connectivity index (χ4v) is 4.92. The predicted octanol–water partition coefficient (Wildman–Crippen LogP) is 6.29. The lowest BCUT2D eigenvalue weighted by molar-refractivity contribution is -0.922. The van der Waals surface area contributed by atoms with Crippen LogP contribution in [0.5, 0.6) is 0 Å². The van der Waals surface area contributed by atoms with Crippen molar-refractivity contribution in [1.29, 1.82) is 0 Å². The monoisotopic (exact) mass is 442 g/mol. The molecule has 0 radical (unpaired) electrons. The van der Waals surface area contributed by atoms with Crippen molar-refractivity contribution in [3.8, 4) is 12.3 Å². The first-order chi connectivity index (χ1) is 11.6. The molecule has 0 heterocycles. The van der Waals surface area contributed by atoms with Crippen LogP contribution in [-0.4, -0.2) is 34.1 Å². The molecule has 0 aromatic rings. The van der Waals surface area contributed by atoms with Crippen LogP contribution in [0.1, 0.15) is 71.6 Å². The zero-order valence-corrected chi connectivity index (χ0v) is 18.1. The molecule has 0 fully saturated rings. The van der Waals surface area contributed by atoms with Crippen LogP contribution in [0.3, 0.4) is 0 Å². The van der Waals surface area contributed by atoms with Gasteiger partial charge in [-0.25, -0.2) is 0 Å². The van der Waals surface area contributed by atoms with Crippen LogP contribution in [0, 0.1) is 12.3 Å². The Bertz CT molecular complexity index is 420. The lowest BCUT2D eigenvalue weighted by atomic mass is 9.97. The first-order valence-electron chi connectivity index (χ1n) is 9.91. The number of hydrogen-bond donors (Lipinski definition) is 0. The number of nitrogens with zero attached hydrogens (tertiary/aromatic N) is 1. The Balaban J connectivity index is 2.77. The minimum Gasteiger partial charge on any atom is -0.312 e. The fraction of sp³-hybridized carbons (Fsp3) is 0.727. The van der Waals surface area contributed by atoms with Crippen LogP contribution in [0.4, 0.5) is 0 Å². The Morgan fingerprint density at radius 2 is 1.62 bits per heavy atom. The zero-order chi connectivity index (χ0) is 17.7. The van der Waals surface area contributed by atoms with E-state index in [1.807, 2.05) is 0 Å². The van der Waals surface area contributed by atoms with Gasteiger partial charge in [-0.1, -0.05) is 86.4 Å². The smallest absolute Gasteiger partial charge is 0.140 e. The number of quaternary nitrogens is 1. The van der Waals surface area contributed by atoms with Gasteiger partial charge in [0.15, 0.2) is 0 Å². The van der Waals surface area contributed by atoms with Gasteiger partial charge in [0.05, 0.1) is 23.1 Å². The topological polar surface area (TPSA) is 0 Å². The van der Waals surface area contributed by atoms with Crippen LogP contribution < -0.4 is 0 Å². The number of halogens is 1. The molecule has 1 aliphatic carbocycles. The van der Waals surface area contributed by atoms with Crippen LogP contribution in [0.25, 0.3) is 0 Å². The summed E-state index contributed by atoms with van der Waals surface area (Å²) in [7, 11) is 0. The molecule has 1 aliphatic rings. The molecule has 0 saturated heterocycles. The molecule has 1 atom stereocenters. The Hall–Kier alpha value is -0.270. The Labute approximate surface area is 164 Å². The second-order valence-electron chi connectivity index (χ2n) is 7.46. The largest absolute Gasteiger partial charge is 0.312 e. The second-order valence-corrected chi connectivity index (χ2v) is 9.60. The Morgan fingerprint density at radius 3 is 2.08 bits per heavy atom. The molecule has 0 spiro atoms. The number of alkyl halides is 1. The summed E-state index contributed by atoms with van der Waals surface area (Å²) in [5.74, 6) is 3.02. The van der Waals surface area contributed by atoms with Crippen molar-refractivity contribution in [2.75, 3.05) is 26.2 Å². The number of hydrogen-bond acceptors (Lipinski definition) is 0. The average Bonchev–Trinajstić information content (AvgIpc) is 2.56. The van der Waals surface area contributed by atoms with Gasteiger partial charge >= 0.3 is 0 Å². The first-order valence-corrected chi connectivity index (χ1v) is 11.0. The maximum absolute atomic E-state index is 5.82. The average molecular weight is 442 g/mol. The van der Waals surface area contributed by atoms with Crippen molar-refractivity contribution < 1.29 is 4.48 Å². The quantitative estimate of drug-likeness (QED) is 0.103. The molecule has 1 nitrogen and oxygen atoms in total. The third-order valence-electron chi connectivity index (χ3n) is 5.10. The molecule has 0 aliphatic heterocycles. The SMILES string of the molecule is C#CC[N+](CCCCCC)(CCCCCC)CC1(I)C=CC=CC1. The van der Waals surface area contributed by atoms with Gasteiger partial charge in [0.2, 0.25) is 0 Å². The van der Waals surface area contributed by atoms with E-state index in [4.69, 9.17) is 6.42 Å². The number of terminal acetylenes is 1. The van der Waals surface area contributed by atoms with Crippen molar-refractivity contribution >= 4 is 22.6 Å². The summed E-state index contributed by atoms with van der Waals surface area (Å²) < 4.78 is 1.35. The predicted molar refractivity (Wildman–Crippen MR) is 116 cm³/mol. The summed E-state index contributed by atoms with van der Waals surface area (Å²) in [6, 6.07) is 0. The van der Waals surface area contributed by atoms with E-state index in [1.54, 1.807) is 0 Å². The minimum absolute atomic E-state index is 0.235. The van der Waals surface area contributed by atoms with E-state index in [0.29, 0.717) is 0 Å². The van der Waals surface area contributed by atoms with E-state index in [-0.39, 0.29) is 3.42 Å². The molecule has 0 aromatic heterocycles. The van der Waals surface area contributed by atoms with E-state index < -0.39 is 0 Å². The Morgan fingerprint density at radius 1 is 1.00 bits per heavy atom. The molecule has 136 valence electrons. The highest BCUT2D eigenvalue weighted by atomic mass is 127. The number of allylic oxidation sites excluding steroid dienone is 3. The molecule has 2 heteroatoms. The summed E-state index contributed by atoms with van der Waals surface area (Å²) in [6.07, 6.45) is 26.7. The molecule has 24 heavy (non-hydrogen) atoms.